The lowest BCUT2D eigenvalue weighted by atomic mass is 9.86. The summed E-state index contributed by atoms with van der Waals surface area (Å²) in [5.41, 5.74) is 0.316. The molecule has 8 heteroatoms. The fraction of sp³-hybridized carbons (Fsp3) is 0.143. The Balaban J connectivity index is 1.97. The van der Waals surface area contributed by atoms with E-state index in [0.717, 1.165) is 17.4 Å². The number of thiophene rings is 1. The maximum absolute atomic E-state index is 13.6. The van der Waals surface area contributed by atoms with Gasteiger partial charge in [-0.15, -0.1) is 11.3 Å². The lowest BCUT2D eigenvalue weighted by Crippen LogP contribution is -2.24. The minimum Gasteiger partial charge on any atom is -0.477 e. The smallest absolute Gasteiger partial charge is 0.416 e. The van der Waals surface area contributed by atoms with Crippen LogP contribution in [-0.2, 0) is 11.0 Å². The van der Waals surface area contributed by atoms with Gasteiger partial charge in [0.2, 0.25) is 5.91 Å². The molecule has 0 saturated carbocycles. The third kappa shape index (κ3) is 3.40. The number of amides is 1. The number of aromatic carboxylic acids is 1. The molecule has 0 aliphatic carbocycles. The van der Waals surface area contributed by atoms with Gasteiger partial charge in [0.05, 0.1) is 11.3 Å². The van der Waals surface area contributed by atoms with Crippen LogP contribution in [0.3, 0.4) is 0 Å². The predicted molar refractivity (Wildman–Crippen MR) is 103 cm³/mol. The summed E-state index contributed by atoms with van der Waals surface area (Å²) in [6, 6.07) is 13.7. The molecule has 4 nitrogen and oxygen atoms in total. The molecule has 4 rings (SSSR count). The molecule has 1 atom stereocenters. The van der Waals surface area contributed by atoms with Crippen LogP contribution in [0.1, 0.15) is 38.0 Å². The van der Waals surface area contributed by atoms with E-state index >= 15 is 0 Å². The van der Waals surface area contributed by atoms with Crippen molar-refractivity contribution in [3.8, 4) is 11.1 Å². The van der Waals surface area contributed by atoms with E-state index in [4.69, 9.17) is 0 Å². The number of carboxylic acids is 1. The van der Waals surface area contributed by atoms with Crippen molar-refractivity contribution >= 4 is 28.9 Å². The molecule has 1 aliphatic rings. The molecule has 1 amide bonds. The molecule has 2 heterocycles. The first-order chi connectivity index (χ1) is 13.8. The van der Waals surface area contributed by atoms with Gasteiger partial charge in [-0.1, -0.05) is 48.5 Å². The second-order valence-corrected chi connectivity index (χ2v) is 7.66. The Kier molecular flexibility index (Phi) is 4.66. The predicted octanol–water partition coefficient (Wildman–Crippen LogP) is 5.61. The molecule has 2 N–H and O–H groups in total. The van der Waals surface area contributed by atoms with Gasteiger partial charge in [-0.3, -0.25) is 4.79 Å². The van der Waals surface area contributed by atoms with Gasteiger partial charge >= 0.3 is 12.1 Å². The summed E-state index contributed by atoms with van der Waals surface area (Å²) in [6.45, 7) is 0. The number of fused-ring (bicyclic) bond motifs is 1. The number of halogens is 3. The highest BCUT2D eigenvalue weighted by Crippen LogP contribution is 2.51. The highest BCUT2D eigenvalue weighted by molar-refractivity contribution is 7.15. The first-order valence-corrected chi connectivity index (χ1v) is 9.50. The molecular formula is C21H14F3NO3S. The van der Waals surface area contributed by atoms with Crippen molar-refractivity contribution < 1.29 is 27.9 Å². The molecule has 1 aliphatic heterocycles. The van der Waals surface area contributed by atoms with Crippen molar-refractivity contribution in [1.29, 1.82) is 0 Å². The van der Waals surface area contributed by atoms with Gasteiger partial charge in [0.15, 0.2) is 0 Å². The van der Waals surface area contributed by atoms with E-state index in [1.54, 1.807) is 30.3 Å². The number of hydrogen-bond acceptors (Lipinski definition) is 3. The largest absolute Gasteiger partial charge is 0.477 e. The van der Waals surface area contributed by atoms with Gasteiger partial charge in [-0.25, -0.2) is 4.79 Å². The van der Waals surface area contributed by atoms with Gasteiger partial charge < -0.3 is 10.4 Å². The SMILES string of the molecule is O=C1CC(c2ccccc2C(F)(F)F)c2sc(C(=O)O)c(-c3ccccc3)c2N1. The van der Waals surface area contributed by atoms with E-state index < -0.39 is 29.5 Å². The molecule has 3 aromatic rings. The first kappa shape index (κ1) is 19.2. The number of anilines is 1. The molecule has 0 bridgehead atoms. The topological polar surface area (TPSA) is 66.4 Å². The Bertz CT molecular complexity index is 1110. The van der Waals surface area contributed by atoms with Crippen molar-refractivity contribution in [3.63, 3.8) is 0 Å². The van der Waals surface area contributed by atoms with Crippen LogP contribution in [0.5, 0.6) is 0 Å². The summed E-state index contributed by atoms with van der Waals surface area (Å²) < 4.78 is 40.7. The number of benzene rings is 2. The molecule has 29 heavy (non-hydrogen) atoms. The van der Waals surface area contributed by atoms with Crippen LogP contribution in [0.2, 0.25) is 0 Å². The Morgan fingerprint density at radius 2 is 1.72 bits per heavy atom. The molecular weight excluding hydrogens is 403 g/mol. The van der Waals surface area contributed by atoms with Crippen molar-refractivity contribution in [2.24, 2.45) is 0 Å². The van der Waals surface area contributed by atoms with E-state index in [2.05, 4.69) is 5.32 Å². The van der Waals surface area contributed by atoms with E-state index in [-0.39, 0.29) is 22.5 Å². The van der Waals surface area contributed by atoms with Crippen molar-refractivity contribution in [3.05, 3.63) is 75.5 Å². The lowest BCUT2D eigenvalue weighted by molar-refractivity contribution is -0.138. The number of carbonyl (C=O) groups excluding carboxylic acids is 1. The van der Waals surface area contributed by atoms with Crippen LogP contribution in [0, 0.1) is 0 Å². The molecule has 1 unspecified atom stereocenters. The van der Waals surface area contributed by atoms with Crippen molar-refractivity contribution in [2.75, 3.05) is 5.32 Å². The summed E-state index contributed by atoms with van der Waals surface area (Å²) in [5.74, 6) is -2.52. The van der Waals surface area contributed by atoms with Gasteiger partial charge in [0.1, 0.15) is 4.88 Å². The molecule has 0 spiro atoms. The third-order valence-corrected chi connectivity index (χ3v) is 6.10. The molecule has 0 saturated heterocycles. The quantitative estimate of drug-likeness (QED) is 0.582. The molecule has 0 radical (unpaired) electrons. The molecule has 2 aromatic carbocycles. The fourth-order valence-electron chi connectivity index (χ4n) is 3.63. The summed E-state index contributed by atoms with van der Waals surface area (Å²) in [5, 5.41) is 12.4. The van der Waals surface area contributed by atoms with Gasteiger partial charge in [-0.05, 0) is 17.2 Å². The fourth-order valence-corrected chi connectivity index (χ4v) is 4.86. The van der Waals surface area contributed by atoms with Crippen molar-refractivity contribution in [2.45, 2.75) is 18.5 Å². The van der Waals surface area contributed by atoms with E-state index in [9.17, 15) is 27.9 Å². The second kappa shape index (κ2) is 7.04. The van der Waals surface area contributed by atoms with Gasteiger partial charge in [-0.2, -0.15) is 13.2 Å². The number of carbonyl (C=O) groups is 2. The highest BCUT2D eigenvalue weighted by atomic mass is 32.1. The Hall–Kier alpha value is -3.13. The number of rotatable bonds is 3. The number of nitrogens with one attached hydrogen (secondary N) is 1. The van der Waals surface area contributed by atoms with E-state index in [0.29, 0.717) is 16.0 Å². The normalized spacial score (nSPS) is 16.2. The number of hydrogen-bond donors (Lipinski definition) is 2. The van der Waals surface area contributed by atoms with Crippen LogP contribution in [0.4, 0.5) is 18.9 Å². The monoisotopic (exact) mass is 417 g/mol. The first-order valence-electron chi connectivity index (χ1n) is 8.68. The average Bonchev–Trinajstić information content (AvgIpc) is 3.07. The van der Waals surface area contributed by atoms with Crippen LogP contribution in [0.15, 0.2) is 54.6 Å². The van der Waals surface area contributed by atoms with E-state index in [1.165, 1.54) is 18.2 Å². The van der Waals surface area contributed by atoms with Crippen LogP contribution >= 0.6 is 11.3 Å². The zero-order valence-corrected chi connectivity index (χ0v) is 15.6. The second-order valence-electron chi connectivity index (χ2n) is 6.61. The Morgan fingerprint density at radius 3 is 2.38 bits per heavy atom. The summed E-state index contributed by atoms with van der Waals surface area (Å²) in [6.07, 6.45) is -4.77. The highest BCUT2D eigenvalue weighted by Gasteiger charge is 2.40. The van der Waals surface area contributed by atoms with E-state index in [1.807, 2.05) is 0 Å². The summed E-state index contributed by atoms with van der Waals surface area (Å²) >= 11 is 0.908. The summed E-state index contributed by atoms with van der Waals surface area (Å²) in [7, 11) is 0. The molecule has 0 fully saturated rings. The van der Waals surface area contributed by atoms with Gasteiger partial charge in [0, 0.05) is 22.8 Å². The average molecular weight is 417 g/mol. The minimum atomic E-state index is -4.58. The zero-order chi connectivity index (χ0) is 20.8. The molecule has 148 valence electrons. The zero-order valence-electron chi connectivity index (χ0n) is 14.8. The van der Waals surface area contributed by atoms with Crippen LogP contribution in [0.25, 0.3) is 11.1 Å². The Labute approximate surface area is 167 Å². The van der Waals surface area contributed by atoms with Gasteiger partial charge in [0.25, 0.3) is 0 Å². The number of carboxylic acid groups (broad SMARTS) is 1. The Morgan fingerprint density at radius 1 is 1.07 bits per heavy atom. The van der Waals surface area contributed by atoms with Crippen molar-refractivity contribution in [1.82, 2.24) is 0 Å². The standard InChI is InChI=1S/C21H14F3NO3S/c22-21(23,24)14-9-5-4-8-12(14)13-10-15(26)25-17-16(11-6-2-1-3-7-11)19(20(27)28)29-18(13)17/h1-9,13H,10H2,(H,25,26)(H,27,28). The number of alkyl halides is 3. The molecule has 1 aromatic heterocycles. The maximum Gasteiger partial charge on any atom is 0.416 e. The summed E-state index contributed by atoms with van der Waals surface area (Å²) in [4.78, 5) is 24.7. The maximum atomic E-state index is 13.6. The van der Waals surface area contributed by atoms with Crippen LogP contribution in [-0.4, -0.2) is 17.0 Å². The van der Waals surface area contributed by atoms with Crippen LogP contribution < -0.4 is 5.32 Å². The lowest BCUT2D eigenvalue weighted by Gasteiger charge is -2.26. The third-order valence-electron chi connectivity index (χ3n) is 4.80. The minimum absolute atomic E-state index is 0.0158.